The van der Waals surface area contributed by atoms with Crippen LogP contribution < -0.4 is 5.32 Å². The lowest BCUT2D eigenvalue weighted by Gasteiger charge is -2.35. The lowest BCUT2D eigenvalue weighted by atomic mass is 9.87. The van der Waals surface area contributed by atoms with Gasteiger partial charge in [0.05, 0.1) is 23.9 Å². The standard InChI is InChI=1S/C26H29N3O5/c30-23(27-19-10-12-28(13-11-19)24(31)17-5-2-1-3-6-17)18-8-9-21-22(15-18)26(33)29(25(21)32)16-20-7-4-14-34-20/h4,7-9,14-15,17,19H,1-3,5-6,10-13,16H2,(H,27,30). The first-order valence-corrected chi connectivity index (χ1v) is 12.1. The largest absolute Gasteiger partial charge is 0.467 e. The molecule has 2 fully saturated rings. The van der Waals surface area contributed by atoms with Crippen LogP contribution in [0, 0.1) is 5.92 Å². The van der Waals surface area contributed by atoms with Crippen molar-refractivity contribution in [3.63, 3.8) is 0 Å². The van der Waals surface area contributed by atoms with Crippen molar-refractivity contribution in [3.8, 4) is 0 Å². The zero-order valence-corrected chi connectivity index (χ0v) is 19.1. The predicted molar refractivity (Wildman–Crippen MR) is 123 cm³/mol. The third kappa shape index (κ3) is 4.36. The van der Waals surface area contributed by atoms with Crippen molar-refractivity contribution in [2.75, 3.05) is 13.1 Å². The highest BCUT2D eigenvalue weighted by atomic mass is 16.3. The maximum absolute atomic E-state index is 12.9. The van der Waals surface area contributed by atoms with Crippen LogP contribution >= 0.6 is 0 Å². The number of furan rings is 1. The van der Waals surface area contributed by atoms with Gasteiger partial charge in [0.1, 0.15) is 5.76 Å². The van der Waals surface area contributed by atoms with Crippen LogP contribution in [0.5, 0.6) is 0 Å². The topological polar surface area (TPSA) is 99.9 Å². The molecule has 2 aromatic rings. The number of likely N-dealkylation sites (tertiary alicyclic amines) is 1. The van der Waals surface area contributed by atoms with E-state index in [-0.39, 0.29) is 35.9 Å². The maximum atomic E-state index is 12.9. The Bertz CT molecular complexity index is 1100. The summed E-state index contributed by atoms with van der Waals surface area (Å²) in [6.07, 6.45) is 8.40. The van der Waals surface area contributed by atoms with Crippen LogP contribution in [0.25, 0.3) is 0 Å². The molecular formula is C26H29N3O5. The van der Waals surface area contributed by atoms with Gasteiger partial charge in [-0.15, -0.1) is 0 Å². The summed E-state index contributed by atoms with van der Waals surface area (Å²) >= 11 is 0. The number of amides is 4. The van der Waals surface area contributed by atoms with Gasteiger partial charge in [0, 0.05) is 30.6 Å². The van der Waals surface area contributed by atoms with Crippen LogP contribution in [0.4, 0.5) is 0 Å². The lowest BCUT2D eigenvalue weighted by molar-refractivity contribution is -0.137. The van der Waals surface area contributed by atoms with Gasteiger partial charge in [0.25, 0.3) is 17.7 Å². The summed E-state index contributed by atoms with van der Waals surface area (Å²) in [5, 5.41) is 3.04. The summed E-state index contributed by atoms with van der Waals surface area (Å²) in [7, 11) is 0. The number of hydrogen-bond donors (Lipinski definition) is 1. The molecule has 3 heterocycles. The van der Waals surface area contributed by atoms with Gasteiger partial charge in [0.15, 0.2) is 0 Å². The summed E-state index contributed by atoms with van der Waals surface area (Å²) in [4.78, 5) is 54.2. The van der Waals surface area contributed by atoms with E-state index in [0.717, 1.165) is 30.6 Å². The molecule has 1 N–H and O–H groups in total. The first-order valence-electron chi connectivity index (χ1n) is 12.1. The summed E-state index contributed by atoms with van der Waals surface area (Å²) in [6.45, 7) is 1.36. The van der Waals surface area contributed by atoms with Crippen molar-refractivity contribution in [2.24, 2.45) is 5.92 Å². The lowest BCUT2D eigenvalue weighted by Crippen LogP contribution is -2.48. The van der Waals surface area contributed by atoms with Crippen molar-refractivity contribution in [1.29, 1.82) is 0 Å². The molecule has 0 bridgehead atoms. The minimum atomic E-state index is -0.430. The molecule has 178 valence electrons. The molecule has 8 nitrogen and oxygen atoms in total. The van der Waals surface area contributed by atoms with Gasteiger partial charge >= 0.3 is 0 Å². The first kappa shape index (κ1) is 22.4. The van der Waals surface area contributed by atoms with Crippen LogP contribution in [-0.2, 0) is 11.3 Å². The SMILES string of the molecule is O=C(NC1CCN(C(=O)C2CCCCC2)CC1)c1ccc2c(c1)C(=O)N(Cc1ccco1)C2=O. The number of benzene rings is 1. The number of nitrogens with one attached hydrogen (secondary N) is 1. The molecule has 0 unspecified atom stereocenters. The molecular weight excluding hydrogens is 434 g/mol. The molecule has 1 saturated heterocycles. The second kappa shape index (κ2) is 9.44. The molecule has 1 aromatic heterocycles. The van der Waals surface area contributed by atoms with Crippen LogP contribution in [0.1, 0.15) is 81.8 Å². The highest BCUT2D eigenvalue weighted by molar-refractivity contribution is 6.22. The molecule has 2 aliphatic heterocycles. The van der Waals surface area contributed by atoms with E-state index in [1.807, 2.05) is 4.90 Å². The van der Waals surface area contributed by atoms with Crippen LogP contribution in [0.15, 0.2) is 41.0 Å². The minimum absolute atomic E-state index is 0.0241. The Labute approximate surface area is 198 Å². The van der Waals surface area contributed by atoms with E-state index in [2.05, 4.69) is 5.32 Å². The Morgan fingerprint density at radius 2 is 1.68 bits per heavy atom. The Balaban J connectivity index is 1.18. The monoisotopic (exact) mass is 463 g/mol. The van der Waals surface area contributed by atoms with E-state index in [4.69, 9.17) is 4.42 Å². The molecule has 3 aliphatic rings. The van der Waals surface area contributed by atoms with Crippen molar-refractivity contribution in [3.05, 3.63) is 59.0 Å². The molecule has 8 heteroatoms. The molecule has 0 radical (unpaired) electrons. The smallest absolute Gasteiger partial charge is 0.261 e. The molecule has 1 aromatic carbocycles. The third-order valence-corrected chi connectivity index (χ3v) is 7.22. The quantitative estimate of drug-likeness (QED) is 0.686. The van der Waals surface area contributed by atoms with Crippen molar-refractivity contribution >= 4 is 23.6 Å². The first-order chi connectivity index (χ1) is 16.5. The number of rotatable bonds is 5. The Kier molecular flexibility index (Phi) is 6.22. The number of piperidine rings is 1. The van der Waals surface area contributed by atoms with E-state index in [9.17, 15) is 19.2 Å². The van der Waals surface area contributed by atoms with Crippen LogP contribution in [0.2, 0.25) is 0 Å². The van der Waals surface area contributed by atoms with Crippen molar-refractivity contribution in [2.45, 2.75) is 57.5 Å². The molecule has 5 rings (SSSR count). The number of nitrogens with zero attached hydrogens (tertiary/aromatic N) is 2. The van der Waals surface area contributed by atoms with Gasteiger partial charge in [-0.05, 0) is 56.0 Å². The van der Waals surface area contributed by atoms with Gasteiger partial charge < -0.3 is 14.6 Å². The number of hydrogen-bond acceptors (Lipinski definition) is 5. The van der Waals surface area contributed by atoms with E-state index in [1.54, 1.807) is 18.2 Å². The van der Waals surface area contributed by atoms with Crippen LogP contribution in [0.3, 0.4) is 0 Å². The normalized spacial score (nSPS) is 19.4. The van der Waals surface area contributed by atoms with E-state index < -0.39 is 11.8 Å². The Hall–Kier alpha value is -3.42. The molecule has 1 saturated carbocycles. The fraction of sp³-hybridized carbons (Fsp3) is 0.462. The van der Waals surface area contributed by atoms with Crippen molar-refractivity contribution < 1.29 is 23.6 Å². The molecule has 1 aliphatic carbocycles. The fourth-order valence-corrected chi connectivity index (χ4v) is 5.25. The number of fused-ring (bicyclic) bond motifs is 1. The number of carbonyl (C=O) groups is 4. The third-order valence-electron chi connectivity index (χ3n) is 7.22. The zero-order valence-electron chi connectivity index (χ0n) is 19.1. The van der Waals surface area contributed by atoms with E-state index in [1.165, 1.54) is 24.8 Å². The van der Waals surface area contributed by atoms with E-state index in [0.29, 0.717) is 42.8 Å². The Morgan fingerprint density at radius 1 is 0.941 bits per heavy atom. The summed E-state index contributed by atoms with van der Waals surface area (Å²) in [5.74, 6) is -0.145. The van der Waals surface area contributed by atoms with E-state index >= 15 is 0 Å². The number of carbonyl (C=O) groups excluding carboxylic acids is 4. The molecule has 34 heavy (non-hydrogen) atoms. The predicted octanol–water partition coefficient (Wildman–Crippen LogP) is 3.38. The van der Waals surface area contributed by atoms with Gasteiger partial charge in [-0.25, -0.2) is 0 Å². The van der Waals surface area contributed by atoms with Crippen LogP contribution in [-0.4, -0.2) is 52.6 Å². The number of imide groups is 1. The van der Waals surface area contributed by atoms with Gasteiger partial charge in [-0.2, -0.15) is 0 Å². The second-order valence-corrected chi connectivity index (χ2v) is 9.44. The Morgan fingerprint density at radius 3 is 2.38 bits per heavy atom. The summed E-state index contributed by atoms with van der Waals surface area (Å²) < 4.78 is 5.26. The van der Waals surface area contributed by atoms with Gasteiger partial charge in [-0.1, -0.05) is 19.3 Å². The average Bonchev–Trinajstić information content (AvgIpc) is 3.47. The second-order valence-electron chi connectivity index (χ2n) is 9.44. The maximum Gasteiger partial charge on any atom is 0.261 e. The minimum Gasteiger partial charge on any atom is -0.467 e. The van der Waals surface area contributed by atoms with Crippen molar-refractivity contribution in [1.82, 2.24) is 15.1 Å². The average molecular weight is 464 g/mol. The highest BCUT2D eigenvalue weighted by Crippen LogP contribution is 2.28. The summed E-state index contributed by atoms with van der Waals surface area (Å²) in [6, 6.07) is 8.00. The zero-order chi connectivity index (χ0) is 23.7. The highest BCUT2D eigenvalue weighted by Gasteiger charge is 2.37. The molecule has 0 spiro atoms. The molecule has 0 atom stereocenters. The summed E-state index contributed by atoms with van der Waals surface area (Å²) in [5.41, 5.74) is 0.875. The van der Waals surface area contributed by atoms with Gasteiger partial charge in [0.2, 0.25) is 5.91 Å². The molecule has 4 amide bonds. The van der Waals surface area contributed by atoms with Gasteiger partial charge in [-0.3, -0.25) is 24.1 Å². The fourth-order valence-electron chi connectivity index (χ4n) is 5.25.